The molecule has 0 amide bonds. The third-order valence-electron chi connectivity index (χ3n) is 4.01. The van der Waals surface area contributed by atoms with Crippen LogP contribution < -0.4 is 0 Å². The molecule has 17 heavy (non-hydrogen) atoms. The van der Waals surface area contributed by atoms with Crippen LogP contribution in [0.4, 0.5) is 0 Å². The normalized spacial score (nSPS) is 17.8. The number of hydrogen-bond acceptors (Lipinski definition) is 0. The zero-order valence-corrected chi connectivity index (χ0v) is 14.4. The summed E-state index contributed by atoms with van der Waals surface area (Å²) >= 11 is 1.24. The summed E-state index contributed by atoms with van der Waals surface area (Å²) in [4.78, 5) is 0. The number of fused-ring (bicyclic) bond motifs is 3. The molecule has 0 fully saturated rings. The zero-order chi connectivity index (χ0) is 12.0. The Labute approximate surface area is 119 Å². The number of aryl methyl sites for hydroxylation is 1. The second kappa shape index (κ2) is 4.50. The van der Waals surface area contributed by atoms with Gasteiger partial charge in [0.05, 0.1) is 0 Å². The number of hydrogen-bond donors (Lipinski definition) is 0. The van der Waals surface area contributed by atoms with E-state index < -0.39 is 0 Å². The van der Waals surface area contributed by atoms with Crippen LogP contribution in [0, 0.1) is 5.92 Å². The molecule has 1 aromatic carbocycles. The summed E-state index contributed by atoms with van der Waals surface area (Å²) < 4.78 is 1.76. The SMILES string of the molecule is CC(C)CC1=[C]([Hf])Cc2ccc3c(c21)CCC3. The molecule has 0 heterocycles. The number of allylic oxidation sites excluding steroid dienone is 2. The Bertz CT molecular complexity index is 494. The molecule has 1 heteroatoms. The molecule has 0 N–H and O–H groups in total. The van der Waals surface area contributed by atoms with Crippen LogP contribution >= 0.6 is 0 Å². The molecule has 0 spiro atoms. The van der Waals surface area contributed by atoms with Crippen molar-refractivity contribution in [2.75, 3.05) is 0 Å². The predicted octanol–water partition coefficient (Wildman–Crippen LogP) is 4.04. The summed E-state index contributed by atoms with van der Waals surface area (Å²) in [5.74, 6) is 0.789. The molecule has 0 unspecified atom stereocenters. The fraction of sp³-hybridized carbons (Fsp3) is 0.500. The molecular formula is C16H19Hf. The molecule has 1 aromatic rings. The van der Waals surface area contributed by atoms with Gasteiger partial charge in [0.2, 0.25) is 0 Å². The fourth-order valence-electron chi connectivity index (χ4n) is 3.32. The summed E-state index contributed by atoms with van der Waals surface area (Å²) in [5, 5.41) is 0. The second-order valence-corrected chi connectivity index (χ2v) is 7.99. The molecule has 0 saturated heterocycles. The molecule has 3 rings (SSSR count). The maximum absolute atomic E-state index is 2.41. The number of benzene rings is 1. The van der Waals surface area contributed by atoms with Gasteiger partial charge in [-0.2, -0.15) is 0 Å². The van der Waals surface area contributed by atoms with Crippen molar-refractivity contribution in [3.05, 3.63) is 37.7 Å². The van der Waals surface area contributed by atoms with Crippen molar-refractivity contribution in [2.45, 2.75) is 46.0 Å². The van der Waals surface area contributed by atoms with Gasteiger partial charge in [-0.25, -0.2) is 0 Å². The van der Waals surface area contributed by atoms with Crippen LogP contribution in [-0.2, 0) is 43.6 Å². The zero-order valence-electron chi connectivity index (χ0n) is 10.8. The average Bonchev–Trinajstić information content (AvgIpc) is 2.83. The van der Waals surface area contributed by atoms with Crippen LogP contribution in [0.1, 0.15) is 48.9 Å². The minimum atomic E-state index is 0.789. The third-order valence-corrected chi connectivity index (χ3v) is 5.73. The number of rotatable bonds is 2. The first kappa shape index (κ1) is 11.9. The Kier molecular flexibility index (Phi) is 3.15. The summed E-state index contributed by atoms with van der Waals surface area (Å²) in [5.41, 5.74) is 8.41. The van der Waals surface area contributed by atoms with Crippen LogP contribution in [0.5, 0.6) is 0 Å². The van der Waals surface area contributed by atoms with Gasteiger partial charge in [-0.05, 0) is 0 Å². The second-order valence-electron chi connectivity index (χ2n) is 5.82. The van der Waals surface area contributed by atoms with Gasteiger partial charge in [0.1, 0.15) is 0 Å². The molecule has 2 aliphatic carbocycles. The van der Waals surface area contributed by atoms with Gasteiger partial charge in [-0.15, -0.1) is 0 Å². The summed E-state index contributed by atoms with van der Waals surface area (Å²) in [7, 11) is 0. The van der Waals surface area contributed by atoms with Crippen LogP contribution in [0.2, 0.25) is 0 Å². The van der Waals surface area contributed by atoms with E-state index in [0.717, 1.165) is 5.92 Å². The molecule has 0 atom stereocenters. The van der Waals surface area contributed by atoms with E-state index in [2.05, 4.69) is 26.0 Å². The maximum atomic E-state index is 2.41. The van der Waals surface area contributed by atoms with E-state index in [4.69, 9.17) is 0 Å². The summed E-state index contributed by atoms with van der Waals surface area (Å²) in [6, 6.07) is 4.80. The van der Waals surface area contributed by atoms with Gasteiger partial charge >= 0.3 is 120 Å². The van der Waals surface area contributed by atoms with E-state index in [0.29, 0.717) is 0 Å². The van der Waals surface area contributed by atoms with Crippen molar-refractivity contribution in [2.24, 2.45) is 5.92 Å². The monoisotopic (exact) mass is 391 g/mol. The first-order valence-corrected chi connectivity index (χ1v) is 8.54. The van der Waals surface area contributed by atoms with Gasteiger partial charge in [0.15, 0.2) is 0 Å². The Morgan fingerprint density at radius 1 is 1.18 bits per heavy atom. The van der Waals surface area contributed by atoms with Crippen molar-refractivity contribution in [3.8, 4) is 0 Å². The third kappa shape index (κ3) is 2.01. The van der Waals surface area contributed by atoms with E-state index in [9.17, 15) is 0 Å². The molecule has 0 nitrogen and oxygen atoms in total. The van der Waals surface area contributed by atoms with E-state index in [1.165, 1.54) is 56.5 Å². The molecular weight excluding hydrogens is 371 g/mol. The molecule has 2 aliphatic rings. The molecule has 0 radical (unpaired) electrons. The molecule has 0 aromatic heterocycles. The van der Waals surface area contributed by atoms with Crippen molar-refractivity contribution >= 4 is 5.57 Å². The van der Waals surface area contributed by atoms with Crippen molar-refractivity contribution in [3.63, 3.8) is 0 Å². The van der Waals surface area contributed by atoms with E-state index in [-0.39, 0.29) is 0 Å². The Hall–Kier alpha value is -0.170. The van der Waals surface area contributed by atoms with Gasteiger partial charge in [0.25, 0.3) is 0 Å². The quantitative estimate of drug-likeness (QED) is 0.670. The van der Waals surface area contributed by atoms with Crippen LogP contribution in [0.3, 0.4) is 0 Å². The first-order valence-electron chi connectivity index (χ1n) is 6.74. The van der Waals surface area contributed by atoms with Gasteiger partial charge < -0.3 is 0 Å². The van der Waals surface area contributed by atoms with E-state index in [1.807, 2.05) is 0 Å². The predicted molar refractivity (Wildman–Crippen MR) is 68.5 cm³/mol. The minimum absolute atomic E-state index is 0.789. The van der Waals surface area contributed by atoms with Crippen molar-refractivity contribution in [1.82, 2.24) is 0 Å². The summed E-state index contributed by atoms with van der Waals surface area (Å²) in [6.45, 7) is 4.70. The summed E-state index contributed by atoms with van der Waals surface area (Å²) in [6.07, 6.45) is 6.57. The van der Waals surface area contributed by atoms with Crippen LogP contribution in [0.15, 0.2) is 15.5 Å². The van der Waals surface area contributed by atoms with E-state index in [1.54, 1.807) is 31.2 Å². The molecule has 0 saturated carbocycles. The topological polar surface area (TPSA) is 0 Å². The Morgan fingerprint density at radius 2 is 1.94 bits per heavy atom. The molecule has 0 aliphatic heterocycles. The van der Waals surface area contributed by atoms with E-state index >= 15 is 0 Å². The Morgan fingerprint density at radius 3 is 2.71 bits per heavy atom. The van der Waals surface area contributed by atoms with Crippen LogP contribution in [-0.4, -0.2) is 0 Å². The van der Waals surface area contributed by atoms with Gasteiger partial charge in [0, 0.05) is 0 Å². The van der Waals surface area contributed by atoms with Gasteiger partial charge in [-0.1, -0.05) is 0 Å². The standard InChI is InChI=1S/C16H19.Hf/c1-11(2)10-14-9-8-13-7-6-12-4-3-5-15(12)16(13)14;/h6-7,11H,3-5,8,10H2,1-2H3;. The molecule has 0 bridgehead atoms. The molecule has 87 valence electrons. The van der Waals surface area contributed by atoms with Crippen molar-refractivity contribution in [1.29, 1.82) is 0 Å². The Balaban J connectivity index is 2.11. The van der Waals surface area contributed by atoms with Gasteiger partial charge in [-0.3, -0.25) is 0 Å². The van der Waals surface area contributed by atoms with Crippen molar-refractivity contribution < 1.29 is 24.4 Å². The fourth-order valence-corrected chi connectivity index (χ4v) is 4.82. The first-order chi connectivity index (χ1) is 8.16. The average molecular weight is 390 g/mol. The van der Waals surface area contributed by atoms with Crippen LogP contribution in [0.25, 0.3) is 5.57 Å².